The lowest BCUT2D eigenvalue weighted by atomic mass is 10.0. The van der Waals surface area contributed by atoms with Crippen LogP contribution in [0.15, 0.2) is 24.3 Å². The molecule has 0 aliphatic rings. The van der Waals surface area contributed by atoms with Crippen LogP contribution in [0.3, 0.4) is 0 Å². The highest BCUT2D eigenvalue weighted by Crippen LogP contribution is 2.16. The molecular weight excluding hydrogens is 260 g/mol. The van der Waals surface area contributed by atoms with E-state index in [1.54, 1.807) is 0 Å². The normalized spacial score (nSPS) is 10.6. The molecule has 0 heterocycles. The lowest BCUT2D eigenvalue weighted by Crippen LogP contribution is -2.09. The minimum Gasteiger partial charge on any atom is -0.462 e. The highest BCUT2D eigenvalue weighted by atomic mass is 16.5. The molecule has 0 saturated carbocycles. The fraction of sp³-hybridized carbons (Fsp3) is 0.579. The van der Waals surface area contributed by atoms with E-state index < -0.39 is 0 Å². The Morgan fingerprint density at radius 3 is 2.48 bits per heavy atom. The molecule has 0 atom stereocenters. The van der Waals surface area contributed by atoms with Crippen LogP contribution in [0.4, 0.5) is 0 Å². The van der Waals surface area contributed by atoms with Gasteiger partial charge >= 0.3 is 5.97 Å². The second-order valence-electron chi connectivity index (χ2n) is 5.48. The van der Waals surface area contributed by atoms with Gasteiger partial charge in [-0.3, -0.25) is 0 Å². The first kappa shape index (κ1) is 17.7. The van der Waals surface area contributed by atoms with Crippen LogP contribution in [0, 0.1) is 6.42 Å². The highest BCUT2D eigenvalue weighted by Gasteiger charge is 2.11. The highest BCUT2D eigenvalue weighted by molar-refractivity contribution is 5.91. The van der Waals surface area contributed by atoms with Crippen LogP contribution in [0.5, 0.6) is 0 Å². The molecule has 0 fully saturated rings. The number of rotatable bonds is 11. The van der Waals surface area contributed by atoms with E-state index in [4.69, 9.17) is 4.74 Å². The molecule has 2 heteroatoms. The molecule has 1 rings (SSSR count). The van der Waals surface area contributed by atoms with Crippen molar-refractivity contribution < 1.29 is 9.53 Å². The van der Waals surface area contributed by atoms with E-state index >= 15 is 0 Å². The summed E-state index contributed by atoms with van der Waals surface area (Å²) in [7, 11) is 0. The van der Waals surface area contributed by atoms with E-state index in [-0.39, 0.29) is 5.97 Å². The molecule has 1 aromatic rings. The molecule has 0 amide bonds. The van der Waals surface area contributed by atoms with E-state index in [0.29, 0.717) is 12.2 Å². The number of benzene rings is 1. The zero-order valence-electron chi connectivity index (χ0n) is 13.6. The number of esters is 1. The second-order valence-corrected chi connectivity index (χ2v) is 5.48. The number of carbonyl (C=O) groups excluding carboxylic acids is 1. The van der Waals surface area contributed by atoms with Crippen LogP contribution in [0.1, 0.15) is 81.1 Å². The standard InChI is InChI=1S/C19H29O2/c1-3-5-7-9-13-17-14-10-11-15-18(17)19(20)21-16-12-8-6-4-2/h10-11,13-15H,3-9,12,16H2,1-2H3. The molecule has 0 spiro atoms. The Labute approximate surface area is 129 Å². The molecular formula is C19H29O2. The topological polar surface area (TPSA) is 26.3 Å². The minimum absolute atomic E-state index is 0.186. The molecule has 0 bridgehead atoms. The van der Waals surface area contributed by atoms with Crippen molar-refractivity contribution in [2.24, 2.45) is 0 Å². The minimum atomic E-state index is -0.186. The van der Waals surface area contributed by atoms with Crippen molar-refractivity contribution in [1.29, 1.82) is 0 Å². The van der Waals surface area contributed by atoms with Gasteiger partial charge in [0.1, 0.15) is 0 Å². The summed E-state index contributed by atoms with van der Waals surface area (Å²) in [4.78, 5) is 12.1. The SMILES string of the molecule is CCCCC[CH]c1ccccc1C(=O)OCCCCCC. The van der Waals surface area contributed by atoms with Gasteiger partial charge in [0, 0.05) is 0 Å². The third kappa shape index (κ3) is 7.31. The Balaban J connectivity index is 2.43. The van der Waals surface area contributed by atoms with Crippen LogP contribution < -0.4 is 0 Å². The van der Waals surface area contributed by atoms with Crippen LogP contribution >= 0.6 is 0 Å². The Bertz CT molecular complexity index is 398. The third-order valence-corrected chi connectivity index (χ3v) is 3.58. The first-order chi connectivity index (χ1) is 10.3. The molecule has 2 nitrogen and oxygen atoms in total. The average Bonchev–Trinajstić information content (AvgIpc) is 2.51. The van der Waals surface area contributed by atoms with Crippen molar-refractivity contribution in [1.82, 2.24) is 0 Å². The zero-order chi connectivity index (χ0) is 15.3. The van der Waals surface area contributed by atoms with Gasteiger partial charge in [-0.2, -0.15) is 0 Å². The zero-order valence-corrected chi connectivity index (χ0v) is 13.6. The predicted octanol–water partition coefficient (Wildman–Crippen LogP) is 5.56. The summed E-state index contributed by atoms with van der Waals surface area (Å²) < 4.78 is 5.38. The Hall–Kier alpha value is -1.31. The fourth-order valence-corrected chi connectivity index (χ4v) is 2.28. The van der Waals surface area contributed by atoms with E-state index in [1.807, 2.05) is 24.3 Å². The number of ether oxygens (including phenoxy) is 1. The Kier molecular flexibility index (Phi) is 9.60. The monoisotopic (exact) mass is 289 g/mol. The van der Waals surface area contributed by atoms with Gasteiger partial charge in [0.05, 0.1) is 12.2 Å². The molecule has 117 valence electrons. The van der Waals surface area contributed by atoms with Crippen LogP contribution in [-0.2, 0) is 4.74 Å². The van der Waals surface area contributed by atoms with Crippen molar-refractivity contribution in [2.75, 3.05) is 6.61 Å². The third-order valence-electron chi connectivity index (χ3n) is 3.58. The van der Waals surface area contributed by atoms with Gasteiger partial charge in [-0.25, -0.2) is 4.79 Å². The van der Waals surface area contributed by atoms with Crippen LogP contribution in [0.25, 0.3) is 0 Å². The first-order valence-electron chi connectivity index (χ1n) is 8.39. The summed E-state index contributed by atoms with van der Waals surface area (Å²) in [6.45, 7) is 4.91. The van der Waals surface area contributed by atoms with E-state index in [2.05, 4.69) is 20.3 Å². The smallest absolute Gasteiger partial charge is 0.338 e. The summed E-state index contributed by atoms with van der Waals surface area (Å²) in [6.07, 6.45) is 11.3. The average molecular weight is 289 g/mol. The molecule has 1 radical (unpaired) electrons. The Morgan fingerprint density at radius 1 is 1.00 bits per heavy atom. The van der Waals surface area contributed by atoms with Crippen molar-refractivity contribution in [3.8, 4) is 0 Å². The second kappa shape index (κ2) is 11.4. The summed E-state index contributed by atoms with van der Waals surface area (Å²) in [5.74, 6) is -0.186. The molecule has 21 heavy (non-hydrogen) atoms. The van der Waals surface area contributed by atoms with Gasteiger partial charge in [-0.1, -0.05) is 70.6 Å². The van der Waals surface area contributed by atoms with Crippen molar-refractivity contribution in [3.05, 3.63) is 41.8 Å². The number of unbranched alkanes of at least 4 members (excludes halogenated alkanes) is 6. The van der Waals surface area contributed by atoms with Crippen molar-refractivity contribution in [3.63, 3.8) is 0 Å². The number of hydrogen-bond acceptors (Lipinski definition) is 2. The fourth-order valence-electron chi connectivity index (χ4n) is 2.28. The molecule has 1 aromatic carbocycles. The van der Waals surface area contributed by atoms with E-state index in [1.165, 1.54) is 32.1 Å². The van der Waals surface area contributed by atoms with E-state index in [0.717, 1.165) is 24.8 Å². The lowest BCUT2D eigenvalue weighted by molar-refractivity contribution is 0.0497. The lowest BCUT2D eigenvalue weighted by Gasteiger charge is -2.09. The number of carbonyl (C=O) groups is 1. The molecule has 0 unspecified atom stereocenters. The first-order valence-corrected chi connectivity index (χ1v) is 8.39. The maximum Gasteiger partial charge on any atom is 0.338 e. The summed E-state index contributed by atoms with van der Waals surface area (Å²) in [5.41, 5.74) is 1.71. The molecule has 0 aliphatic carbocycles. The summed E-state index contributed by atoms with van der Waals surface area (Å²) in [5, 5.41) is 0. The van der Waals surface area contributed by atoms with Gasteiger partial charge in [0.25, 0.3) is 0 Å². The van der Waals surface area contributed by atoms with Gasteiger partial charge in [-0.15, -0.1) is 0 Å². The predicted molar refractivity (Wildman–Crippen MR) is 88.4 cm³/mol. The largest absolute Gasteiger partial charge is 0.462 e. The maximum atomic E-state index is 12.1. The van der Waals surface area contributed by atoms with Gasteiger partial charge < -0.3 is 4.74 Å². The van der Waals surface area contributed by atoms with Gasteiger partial charge in [0.2, 0.25) is 0 Å². The van der Waals surface area contributed by atoms with Crippen LogP contribution in [-0.4, -0.2) is 12.6 Å². The maximum absolute atomic E-state index is 12.1. The van der Waals surface area contributed by atoms with Gasteiger partial charge in [0.15, 0.2) is 0 Å². The Morgan fingerprint density at radius 2 is 1.71 bits per heavy atom. The quantitative estimate of drug-likeness (QED) is 0.394. The molecule has 0 saturated heterocycles. The molecule has 0 aromatic heterocycles. The number of hydrogen-bond donors (Lipinski definition) is 0. The van der Waals surface area contributed by atoms with Crippen molar-refractivity contribution in [2.45, 2.75) is 65.2 Å². The summed E-state index contributed by atoms with van der Waals surface area (Å²) in [6, 6.07) is 7.74. The van der Waals surface area contributed by atoms with E-state index in [9.17, 15) is 4.79 Å². The summed E-state index contributed by atoms with van der Waals surface area (Å²) >= 11 is 0. The molecule has 0 aliphatic heterocycles. The van der Waals surface area contributed by atoms with Crippen molar-refractivity contribution >= 4 is 5.97 Å². The molecule has 0 N–H and O–H groups in total. The van der Waals surface area contributed by atoms with Gasteiger partial charge in [-0.05, 0) is 30.9 Å². The van der Waals surface area contributed by atoms with Crippen LogP contribution in [0.2, 0.25) is 0 Å².